The molecule has 4 heteroatoms. The molecule has 1 aliphatic rings. The van der Waals surface area contributed by atoms with Gasteiger partial charge in [0, 0.05) is 16.7 Å². The molecule has 3 heterocycles. The van der Waals surface area contributed by atoms with Crippen LogP contribution in [-0.2, 0) is 5.41 Å². The Kier molecular flexibility index (Phi) is 6.00. The Morgan fingerprint density at radius 2 is 0.978 bits per heavy atom. The summed E-state index contributed by atoms with van der Waals surface area (Å²) in [5, 5.41) is 0. The van der Waals surface area contributed by atoms with Gasteiger partial charge in [-0.1, -0.05) is 146 Å². The van der Waals surface area contributed by atoms with E-state index in [1.54, 1.807) is 0 Å². The smallest absolute Gasteiger partial charge is 0.162 e. The van der Waals surface area contributed by atoms with E-state index in [1.165, 1.54) is 0 Å². The molecule has 9 rings (SSSR count). The summed E-state index contributed by atoms with van der Waals surface area (Å²) in [6, 6.07) is 59.3. The van der Waals surface area contributed by atoms with Gasteiger partial charge in [0.15, 0.2) is 5.82 Å². The SMILES string of the molecule is c1ccc(-c2cc(-c3ccccc3)nc(-c3cccc4c3-n3c(nc5ccccc53)C4(c3ccccc3)c3ccccc3)n2)cc1. The van der Waals surface area contributed by atoms with Gasteiger partial charge in [-0.15, -0.1) is 0 Å². The summed E-state index contributed by atoms with van der Waals surface area (Å²) < 4.78 is 2.35. The van der Waals surface area contributed by atoms with Crippen LogP contribution in [0.2, 0.25) is 0 Å². The minimum atomic E-state index is -0.647. The molecule has 8 aromatic rings. The fourth-order valence-electron chi connectivity index (χ4n) is 7.09. The first-order valence-electron chi connectivity index (χ1n) is 15.6. The molecule has 46 heavy (non-hydrogen) atoms. The number of aromatic nitrogens is 4. The van der Waals surface area contributed by atoms with E-state index in [9.17, 15) is 0 Å². The highest BCUT2D eigenvalue weighted by molar-refractivity contribution is 5.88. The molecular weight excluding hydrogens is 560 g/mol. The molecule has 1 aliphatic heterocycles. The number of nitrogens with zero attached hydrogens (tertiary/aromatic N) is 4. The van der Waals surface area contributed by atoms with E-state index >= 15 is 0 Å². The van der Waals surface area contributed by atoms with Gasteiger partial charge in [0.1, 0.15) is 11.2 Å². The van der Waals surface area contributed by atoms with Crippen molar-refractivity contribution in [2.24, 2.45) is 0 Å². The molecule has 0 fully saturated rings. The summed E-state index contributed by atoms with van der Waals surface area (Å²) in [5.74, 6) is 1.65. The first-order chi connectivity index (χ1) is 22.8. The first kappa shape index (κ1) is 26.3. The monoisotopic (exact) mass is 588 g/mol. The van der Waals surface area contributed by atoms with Crippen LogP contribution >= 0.6 is 0 Å². The third-order valence-corrected chi connectivity index (χ3v) is 9.08. The lowest BCUT2D eigenvalue weighted by Gasteiger charge is -2.31. The second kappa shape index (κ2) is 10.5. The number of imidazole rings is 1. The largest absolute Gasteiger partial charge is 0.294 e. The molecule has 0 saturated carbocycles. The highest BCUT2D eigenvalue weighted by Gasteiger charge is 2.50. The van der Waals surface area contributed by atoms with Crippen molar-refractivity contribution >= 4 is 11.0 Å². The van der Waals surface area contributed by atoms with E-state index in [2.05, 4.69) is 162 Å². The molecule has 0 N–H and O–H groups in total. The van der Waals surface area contributed by atoms with Gasteiger partial charge < -0.3 is 0 Å². The first-order valence-corrected chi connectivity index (χ1v) is 15.6. The second-order valence-corrected chi connectivity index (χ2v) is 11.6. The maximum Gasteiger partial charge on any atom is 0.162 e. The predicted octanol–water partition coefficient (Wildman–Crippen LogP) is 9.51. The fraction of sp³-hybridized carbons (Fsp3) is 0.0238. The van der Waals surface area contributed by atoms with Gasteiger partial charge in [-0.3, -0.25) is 4.57 Å². The van der Waals surface area contributed by atoms with E-state index in [1.807, 2.05) is 12.1 Å². The lowest BCUT2D eigenvalue weighted by molar-refractivity contribution is 0.718. The third-order valence-electron chi connectivity index (χ3n) is 9.08. The van der Waals surface area contributed by atoms with Gasteiger partial charge >= 0.3 is 0 Å². The molecular formula is C42H28N4. The molecule has 2 aromatic heterocycles. The number of fused-ring (bicyclic) bond motifs is 5. The van der Waals surface area contributed by atoms with Gasteiger partial charge in [-0.2, -0.15) is 0 Å². The molecule has 4 nitrogen and oxygen atoms in total. The van der Waals surface area contributed by atoms with Gasteiger partial charge in [0.2, 0.25) is 0 Å². The Morgan fingerprint density at radius 1 is 0.457 bits per heavy atom. The lowest BCUT2D eigenvalue weighted by Crippen LogP contribution is -2.29. The summed E-state index contributed by atoms with van der Waals surface area (Å²) in [4.78, 5) is 15.9. The molecule has 0 radical (unpaired) electrons. The number of para-hydroxylation sites is 3. The van der Waals surface area contributed by atoms with Crippen LogP contribution in [0.25, 0.3) is 50.6 Å². The van der Waals surface area contributed by atoms with Crippen molar-refractivity contribution in [1.82, 2.24) is 19.5 Å². The predicted molar refractivity (Wildman–Crippen MR) is 185 cm³/mol. The Bertz CT molecular complexity index is 2250. The Labute approximate surface area is 267 Å². The van der Waals surface area contributed by atoms with E-state index in [-0.39, 0.29) is 0 Å². The van der Waals surface area contributed by atoms with Crippen LogP contribution in [0.5, 0.6) is 0 Å². The van der Waals surface area contributed by atoms with E-state index in [4.69, 9.17) is 15.0 Å². The van der Waals surface area contributed by atoms with Crippen molar-refractivity contribution in [3.05, 3.63) is 192 Å². The highest BCUT2D eigenvalue weighted by Crippen LogP contribution is 2.54. The molecule has 216 valence electrons. The van der Waals surface area contributed by atoms with Gasteiger partial charge in [-0.05, 0) is 41.0 Å². The average Bonchev–Trinajstić information content (AvgIpc) is 3.66. The van der Waals surface area contributed by atoms with Crippen molar-refractivity contribution in [1.29, 1.82) is 0 Å². The summed E-state index contributed by atoms with van der Waals surface area (Å²) >= 11 is 0. The topological polar surface area (TPSA) is 43.6 Å². The normalized spacial score (nSPS) is 13.0. The zero-order chi connectivity index (χ0) is 30.5. The van der Waals surface area contributed by atoms with Crippen molar-refractivity contribution in [3.63, 3.8) is 0 Å². The van der Waals surface area contributed by atoms with Crippen molar-refractivity contribution in [3.8, 4) is 39.6 Å². The quantitative estimate of drug-likeness (QED) is 0.201. The summed E-state index contributed by atoms with van der Waals surface area (Å²) in [6.07, 6.45) is 0. The van der Waals surface area contributed by atoms with Crippen LogP contribution in [0.4, 0.5) is 0 Å². The zero-order valence-corrected chi connectivity index (χ0v) is 25.0. The standard InChI is InChI=1S/C42H28N4/c1-5-16-29(17-6-1)36-28-37(30-18-7-2-8-19-30)44-40(43-36)33-24-15-25-34-39(33)46-38-27-14-13-26-35(38)45-41(46)42(34,31-20-9-3-10-21-31)32-22-11-4-12-23-32/h1-28H. The minimum Gasteiger partial charge on any atom is -0.294 e. The van der Waals surface area contributed by atoms with Gasteiger partial charge in [0.05, 0.1) is 28.1 Å². The lowest BCUT2D eigenvalue weighted by atomic mass is 9.69. The summed E-state index contributed by atoms with van der Waals surface area (Å²) in [5.41, 5.74) is 10.7. The Hall–Kier alpha value is -6.13. The third kappa shape index (κ3) is 3.90. The molecule has 0 aliphatic carbocycles. The number of hydrogen-bond donors (Lipinski definition) is 0. The molecule has 0 saturated heterocycles. The number of rotatable bonds is 5. The van der Waals surface area contributed by atoms with E-state index < -0.39 is 5.41 Å². The Balaban J connectivity index is 1.41. The van der Waals surface area contributed by atoms with Crippen LogP contribution < -0.4 is 0 Å². The van der Waals surface area contributed by atoms with Crippen LogP contribution in [0.1, 0.15) is 22.5 Å². The second-order valence-electron chi connectivity index (χ2n) is 11.6. The molecule has 0 unspecified atom stereocenters. The Morgan fingerprint density at radius 3 is 1.57 bits per heavy atom. The number of benzene rings is 6. The fourth-order valence-corrected chi connectivity index (χ4v) is 7.09. The maximum atomic E-state index is 5.40. The summed E-state index contributed by atoms with van der Waals surface area (Å²) in [6.45, 7) is 0. The van der Waals surface area contributed by atoms with Crippen LogP contribution in [0, 0.1) is 0 Å². The van der Waals surface area contributed by atoms with Crippen LogP contribution in [0.3, 0.4) is 0 Å². The summed E-state index contributed by atoms with van der Waals surface area (Å²) in [7, 11) is 0. The molecule has 0 spiro atoms. The van der Waals surface area contributed by atoms with Crippen LogP contribution in [-0.4, -0.2) is 19.5 Å². The van der Waals surface area contributed by atoms with Crippen molar-refractivity contribution in [2.45, 2.75) is 5.41 Å². The van der Waals surface area contributed by atoms with Gasteiger partial charge in [-0.25, -0.2) is 15.0 Å². The molecule has 0 amide bonds. The highest BCUT2D eigenvalue weighted by atomic mass is 15.1. The molecule has 6 aromatic carbocycles. The van der Waals surface area contributed by atoms with Gasteiger partial charge in [0.25, 0.3) is 0 Å². The minimum absolute atomic E-state index is 0.647. The molecule has 0 bridgehead atoms. The van der Waals surface area contributed by atoms with Crippen molar-refractivity contribution in [2.75, 3.05) is 0 Å². The van der Waals surface area contributed by atoms with E-state index in [0.717, 1.165) is 67.3 Å². The average molecular weight is 589 g/mol. The maximum absolute atomic E-state index is 5.40. The zero-order valence-electron chi connectivity index (χ0n) is 25.0. The van der Waals surface area contributed by atoms with Crippen molar-refractivity contribution < 1.29 is 0 Å². The molecule has 0 atom stereocenters. The van der Waals surface area contributed by atoms with Crippen LogP contribution in [0.15, 0.2) is 170 Å². The van der Waals surface area contributed by atoms with E-state index in [0.29, 0.717) is 5.82 Å². The number of hydrogen-bond acceptors (Lipinski definition) is 3.